The molecule has 0 spiro atoms. The summed E-state index contributed by atoms with van der Waals surface area (Å²) in [5.41, 5.74) is 0. The first-order chi connectivity index (χ1) is 5.48. The van der Waals surface area contributed by atoms with Gasteiger partial charge in [-0.25, -0.2) is 0 Å². The second-order valence-corrected chi connectivity index (χ2v) is 5.57. The molecule has 0 aromatic heterocycles. The Morgan fingerprint density at radius 2 is 1.83 bits per heavy atom. The maximum atomic E-state index is 10.5. The topological polar surface area (TPSA) is 57.5 Å². The molecule has 0 saturated heterocycles. The van der Waals surface area contributed by atoms with Crippen molar-refractivity contribution in [2.75, 3.05) is 5.88 Å². The Hall–Kier alpha value is 0.730. The molecule has 1 atom stereocenters. The van der Waals surface area contributed by atoms with E-state index in [4.69, 9.17) is 33.0 Å². The van der Waals surface area contributed by atoms with Gasteiger partial charge in [0.25, 0.3) is 0 Å². The molecule has 0 saturated carbocycles. The highest BCUT2D eigenvalue weighted by Gasteiger charge is 2.25. The van der Waals surface area contributed by atoms with Crippen molar-refractivity contribution in [2.45, 2.75) is 30.8 Å². The summed E-state index contributed by atoms with van der Waals surface area (Å²) in [4.78, 5) is 17.2. The molecular formula is C6H13Cl2O3P. The molecule has 0 amide bonds. The first-order valence-corrected chi connectivity index (χ1v) is 6.39. The third kappa shape index (κ3) is 6.27. The van der Waals surface area contributed by atoms with Gasteiger partial charge in [0.05, 0.1) is 0 Å². The molecule has 0 fully saturated rings. The van der Waals surface area contributed by atoms with E-state index in [1.54, 1.807) is 0 Å². The van der Waals surface area contributed by atoms with E-state index in [-0.39, 0.29) is 0 Å². The zero-order valence-electron chi connectivity index (χ0n) is 6.62. The van der Waals surface area contributed by atoms with Crippen LogP contribution in [0, 0.1) is 0 Å². The van der Waals surface area contributed by atoms with Crippen LogP contribution in [0.5, 0.6) is 0 Å². The highest BCUT2D eigenvalue weighted by Crippen LogP contribution is 2.45. The van der Waals surface area contributed by atoms with E-state index < -0.39 is 12.7 Å². The summed E-state index contributed by atoms with van der Waals surface area (Å²) in [6.07, 6.45) is 2.80. The predicted molar refractivity (Wildman–Crippen MR) is 50.9 cm³/mol. The van der Waals surface area contributed by atoms with Crippen LogP contribution >= 0.6 is 30.8 Å². The Kier molecular flexibility index (Phi) is 6.60. The van der Waals surface area contributed by atoms with Gasteiger partial charge in [-0.2, -0.15) is 0 Å². The monoisotopic (exact) mass is 234 g/mol. The molecule has 0 heterocycles. The zero-order chi connectivity index (χ0) is 9.61. The van der Waals surface area contributed by atoms with Crippen LogP contribution in [0.1, 0.15) is 25.7 Å². The molecule has 74 valence electrons. The van der Waals surface area contributed by atoms with Crippen molar-refractivity contribution in [1.82, 2.24) is 0 Å². The number of hydrogen-bond donors (Lipinski definition) is 2. The molecule has 6 heteroatoms. The van der Waals surface area contributed by atoms with E-state index in [9.17, 15) is 4.57 Å². The van der Waals surface area contributed by atoms with Crippen LogP contribution in [0.25, 0.3) is 0 Å². The highest BCUT2D eigenvalue weighted by atomic mass is 35.5. The fourth-order valence-corrected chi connectivity index (χ4v) is 1.61. The lowest BCUT2D eigenvalue weighted by Gasteiger charge is -2.10. The van der Waals surface area contributed by atoms with Crippen LogP contribution in [0.3, 0.4) is 0 Å². The number of hydrogen-bond acceptors (Lipinski definition) is 1. The van der Waals surface area contributed by atoms with Crippen LogP contribution in [-0.4, -0.2) is 20.8 Å². The van der Waals surface area contributed by atoms with Gasteiger partial charge in [0.2, 0.25) is 0 Å². The number of halogens is 2. The highest BCUT2D eigenvalue weighted by molar-refractivity contribution is 7.54. The smallest absolute Gasteiger partial charge is 0.323 e. The minimum Gasteiger partial charge on any atom is -0.323 e. The first-order valence-electron chi connectivity index (χ1n) is 3.73. The number of rotatable bonds is 6. The Morgan fingerprint density at radius 3 is 2.25 bits per heavy atom. The van der Waals surface area contributed by atoms with Crippen molar-refractivity contribution in [1.29, 1.82) is 0 Å². The van der Waals surface area contributed by atoms with Crippen molar-refractivity contribution in [3.63, 3.8) is 0 Å². The Bertz CT molecular complexity index is 159. The van der Waals surface area contributed by atoms with Crippen molar-refractivity contribution in [2.24, 2.45) is 0 Å². The van der Waals surface area contributed by atoms with Gasteiger partial charge in [0.15, 0.2) is 0 Å². The van der Waals surface area contributed by atoms with Crippen molar-refractivity contribution >= 4 is 30.8 Å². The molecule has 0 aliphatic carbocycles. The van der Waals surface area contributed by atoms with E-state index in [1.165, 1.54) is 0 Å². The van der Waals surface area contributed by atoms with E-state index in [2.05, 4.69) is 0 Å². The maximum Gasteiger partial charge on any atom is 0.343 e. The minimum atomic E-state index is -4.07. The molecule has 0 radical (unpaired) electrons. The van der Waals surface area contributed by atoms with Gasteiger partial charge in [-0.05, 0) is 12.8 Å². The van der Waals surface area contributed by atoms with E-state index in [0.29, 0.717) is 18.7 Å². The van der Waals surface area contributed by atoms with E-state index in [1.807, 2.05) is 0 Å². The molecule has 0 aromatic carbocycles. The molecule has 2 N–H and O–H groups in total. The van der Waals surface area contributed by atoms with Crippen molar-refractivity contribution < 1.29 is 14.4 Å². The Morgan fingerprint density at radius 1 is 1.25 bits per heavy atom. The Labute approximate surface area is 82.2 Å². The van der Waals surface area contributed by atoms with Crippen LogP contribution in [0.15, 0.2) is 0 Å². The average molecular weight is 235 g/mol. The average Bonchev–Trinajstić information content (AvgIpc) is 1.96. The lowest BCUT2D eigenvalue weighted by Crippen LogP contribution is -1.99. The molecular weight excluding hydrogens is 222 g/mol. The second kappa shape index (κ2) is 6.22. The summed E-state index contributed by atoms with van der Waals surface area (Å²) in [6, 6.07) is 0. The van der Waals surface area contributed by atoms with Crippen LogP contribution in [0.4, 0.5) is 0 Å². The quantitative estimate of drug-likeness (QED) is 0.422. The molecule has 0 aromatic rings. The fraction of sp³-hybridized carbons (Fsp3) is 1.00. The number of alkyl halides is 2. The maximum absolute atomic E-state index is 10.5. The molecule has 12 heavy (non-hydrogen) atoms. The number of unbranched alkanes of at least 4 members (excludes halogenated alkanes) is 2. The molecule has 0 bridgehead atoms. The van der Waals surface area contributed by atoms with E-state index in [0.717, 1.165) is 12.8 Å². The van der Waals surface area contributed by atoms with Gasteiger partial charge >= 0.3 is 7.60 Å². The van der Waals surface area contributed by atoms with Crippen molar-refractivity contribution in [3.05, 3.63) is 0 Å². The molecule has 0 aliphatic heterocycles. The summed E-state index contributed by atoms with van der Waals surface area (Å²) >= 11 is 10.9. The van der Waals surface area contributed by atoms with Gasteiger partial charge < -0.3 is 9.79 Å². The van der Waals surface area contributed by atoms with Crippen LogP contribution in [0.2, 0.25) is 0 Å². The summed E-state index contributed by atoms with van der Waals surface area (Å²) in [7, 11) is -4.07. The lowest BCUT2D eigenvalue weighted by atomic mass is 10.2. The lowest BCUT2D eigenvalue weighted by molar-refractivity contribution is 0.366. The zero-order valence-corrected chi connectivity index (χ0v) is 9.02. The standard InChI is InChI=1S/C6H13Cl2O3P/c7-5-3-1-2-4-6(8)12(9,10)11/h6H,1-5H2,(H2,9,10,11)/t6-/m1/s1. The van der Waals surface area contributed by atoms with E-state index >= 15 is 0 Å². The Balaban J connectivity index is 3.45. The van der Waals surface area contributed by atoms with Gasteiger partial charge in [-0.1, -0.05) is 12.8 Å². The van der Waals surface area contributed by atoms with Gasteiger partial charge in [0.1, 0.15) is 5.12 Å². The van der Waals surface area contributed by atoms with Crippen molar-refractivity contribution in [3.8, 4) is 0 Å². The van der Waals surface area contributed by atoms with Gasteiger partial charge in [0, 0.05) is 5.88 Å². The largest absolute Gasteiger partial charge is 0.343 e. The molecule has 0 unspecified atom stereocenters. The molecule has 3 nitrogen and oxygen atoms in total. The third-order valence-corrected chi connectivity index (χ3v) is 3.68. The third-order valence-electron chi connectivity index (χ3n) is 1.44. The fourth-order valence-electron chi connectivity index (χ4n) is 0.752. The summed E-state index contributed by atoms with van der Waals surface area (Å²) in [5, 5.41) is -1.03. The second-order valence-electron chi connectivity index (χ2n) is 2.56. The van der Waals surface area contributed by atoms with Gasteiger partial charge in [-0.15, -0.1) is 23.2 Å². The predicted octanol–water partition coefficient (Wildman–Crippen LogP) is 2.53. The normalized spacial score (nSPS) is 14.7. The van der Waals surface area contributed by atoms with Crippen LogP contribution in [-0.2, 0) is 4.57 Å². The minimum absolute atomic E-state index is 0.350. The SMILES string of the molecule is O=P(O)(O)[C@@H](Cl)CCCCCCl. The van der Waals surface area contributed by atoms with Gasteiger partial charge in [-0.3, -0.25) is 4.57 Å². The summed E-state index contributed by atoms with van der Waals surface area (Å²) in [5.74, 6) is 0.586. The molecule has 0 rings (SSSR count). The molecule has 0 aliphatic rings. The van der Waals surface area contributed by atoms with Crippen LogP contribution < -0.4 is 0 Å². The first kappa shape index (κ1) is 12.7. The summed E-state index contributed by atoms with van der Waals surface area (Å²) < 4.78 is 10.5. The summed E-state index contributed by atoms with van der Waals surface area (Å²) in [6.45, 7) is 0.